The standard InChI is InChI=1S/C18H21ClN2O/c1-22-15-5-2-13(3-6-15)12-21-18-16-9-11-20-10-8-14(16)4-7-17(18)19/h2-7,20-21H,8-12H2,1H3. The molecule has 116 valence electrons. The van der Waals surface area contributed by atoms with Gasteiger partial charge in [0.05, 0.1) is 17.8 Å². The average Bonchev–Trinajstić information content (AvgIpc) is 2.80. The van der Waals surface area contributed by atoms with Crippen molar-refractivity contribution >= 4 is 17.3 Å². The van der Waals surface area contributed by atoms with Gasteiger partial charge in [-0.1, -0.05) is 29.8 Å². The van der Waals surface area contributed by atoms with Gasteiger partial charge in [-0.25, -0.2) is 0 Å². The van der Waals surface area contributed by atoms with Crippen molar-refractivity contribution in [2.24, 2.45) is 0 Å². The van der Waals surface area contributed by atoms with E-state index in [1.807, 2.05) is 18.2 Å². The topological polar surface area (TPSA) is 33.3 Å². The molecule has 0 radical (unpaired) electrons. The Morgan fingerprint density at radius 2 is 1.86 bits per heavy atom. The average molecular weight is 317 g/mol. The second-order valence-corrected chi connectivity index (χ2v) is 5.92. The van der Waals surface area contributed by atoms with Crippen molar-refractivity contribution in [3.8, 4) is 5.75 Å². The Morgan fingerprint density at radius 1 is 1.09 bits per heavy atom. The Balaban J connectivity index is 1.79. The van der Waals surface area contributed by atoms with E-state index in [0.29, 0.717) is 0 Å². The molecule has 0 aliphatic carbocycles. The summed E-state index contributed by atoms with van der Waals surface area (Å²) < 4.78 is 5.19. The lowest BCUT2D eigenvalue weighted by Crippen LogP contribution is -2.16. The fourth-order valence-corrected chi connectivity index (χ4v) is 3.11. The van der Waals surface area contributed by atoms with Gasteiger partial charge in [0.15, 0.2) is 0 Å². The van der Waals surface area contributed by atoms with Gasteiger partial charge in [-0.05, 0) is 60.8 Å². The highest BCUT2D eigenvalue weighted by molar-refractivity contribution is 6.33. The van der Waals surface area contributed by atoms with Gasteiger partial charge >= 0.3 is 0 Å². The minimum Gasteiger partial charge on any atom is -0.497 e. The molecule has 0 aromatic heterocycles. The van der Waals surface area contributed by atoms with E-state index in [1.165, 1.54) is 16.7 Å². The van der Waals surface area contributed by atoms with Crippen molar-refractivity contribution < 1.29 is 4.74 Å². The van der Waals surface area contributed by atoms with Crippen LogP contribution in [0.4, 0.5) is 5.69 Å². The van der Waals surface area contributed by atoms with E-state index in [9.17, 15) is 0 Å². The van der Waals surface area contributed by atoms with Crippen LogP contribution in [-0.4, -0.2) is 20.2 Å². The van der Waals surface area contributed by atoms with Crippen LogP contribution in [0.5, 0.6) is 5.75 Å². The van der Waals surface area contributed by atoms with Crippen LogP contribution in [0.3, 0.4) is 0 Å². The lowest BCUT2D eigenvalue weighted by Gasteiger charge is -2.16. The summed E-state index contributed by atoms with van der Waals surface area (Å²) in [5.74, 6) is 0.876. The molecule has 2 aromatic carbocycles. The number of methoxy groups -OCH3 is 1. The van der Waals surface area contributed by atoms with Gasteiger partial charge in [-0.2, -0.15) is 0 Å². The molecule has 1 aliphatic rings. The largest absolute Gasteiger partial charge is 0.497 e. The van der Waals surface area contributed by atoms with Gasteiger partial charge in [0.2, 0.25) is 0 Å². The number of hydrogen-bond acceptors (Lipinski definition) is 3. The smallest absolute Gasteiger partial charge is 0.118 e. The molecule has 22 heavy (non-hydrogen) atoms. The van der Waals surface area contributed by atoms with E-state index < -0.39 is 0 Å². The number of nitrogens with one attached hydrogen (secondary N) is 2. The van der Waals surface area contributed by atoms with Gasteiger partial charge in [-0.3, -0.25) is 0 Å². The van der Waals surface area contributed by atoms with Gasteiger partial charge in [0.1, 0.15) is 5.75 Å². The Kier molecular flexibility index (Phi) is 4.86. The minimum absolute atomic E-state index is 0.758. The predicted octanol–water partition coefficient (Wildman–Crippen LogP) is 3.65. The maximum Gasteiger partial charge on any atom is 0.118 e. The molecule has 0 fully saturated rings. The molecule has 2 N–H and O–H groups in total. The molecule has 0 saturated heterocycles. The summed E-state index contributed by atoms with van der Waals surface area (Å²) in [4.78, 5) is 0. The Morgan fingerprint density at radius 3 is 2.64 bits per heavy atom. The number of ether oxygens (including phenoxy) is 1. The zero-order valence-corrected chi connectivity index (χ0v) is 13.5. The van der Waals surface area contributed by atoms with E-state index in [1.54, 1.807) is 7.11 Å². The van der Waals surface area contributed by atoms with E-state index in [0.717, 1.165) is 48.9 Å². The fourth-order valence-electron chi connectivity index (χ4n) is 2.87. The summed E-state index contributed by atoms with van der Waals surface area (Å²) in [5.41, 5.74) is 5.04. The molecular weight excluding hydrogens is 296 g/mol. The maximum atomic E-state index is 6.43. The van der Waals surface area contributed by atoms with Crippen molar-refractivity contribution in [2.45, 2.75) is 19.4 Å². The lowest BCUT2D eigenvalue weighted by molar-refractivity contribution is 0.414. The van der Waals surface area contributed by atoms with Crippen LogP contribution in [0.1, 0.15) is 16.7 Å². The monoisotopic (exact) mass is 316 g/mol. The molecule has 0 saturated carbocycles. The zero-order valence-electron chi connectivity index (χ0n) is 12.8. The van der Waals surface area contributed by atoms with Crippen molar-refractivity contribution in [2.75, 3.05) is 25.5 Å². The van der Waals surface area contributed by atoms with Crippen molar-refractivity contribution in [3.63, 3.8) is 0 Å². The summed E-state index contributed by atoms with van der Waals surface area (Å²) in [7, 11) is 1.68. The molecule has 0 atom stereocenters. The van der Waals surface area contributed by atoms with E-state index in [2.05, 4.69) is 28.8 Å². The first kappa shape index (κ1) is 15.2. The van der Waals surface area contributed by atoms with Gasteiger partial charge in [0, 0.05) is 6.54 Å². The molecule has 0 amide bonds. The van der Waals surface area contributed by atoms with Gasteiger partial charge in [0.25, 0.3) is 0 Å². The molecule has 1 heterocycles. The normalized spacial score (nSPS) is 14.1. The quantitative estimate of drug-likeness (QED) is 0.903. The first-order valence-corrected chi connectivity index (χ1v) is 8.03. The minimum atomic E-state index is 0.758. The highest BCUT2D eigenvalue weighted by atomic mass is 35.5. The number of fused-ring (bicyclic) bond motifs is 1. The molecule has 0 bridgehead atoms. The summed E-state index contributed by atoms with van der Waals surface area (Å²) >= 11 is 6.43. The summed E-state index contributed by atoms with van der Waals surface area (Å²) in [6.45, 7) is 2.80. The summed E-state index contributed by atoms with van der Waals surface area (Å²) in [6.07, 6.45) is 2.07. The van der Waals surface area contributed by atoms with Crippen LogP contribution in [0.15, 0.2) is 36.4 Å². The number of halogens is 1. The number of benzene rings is 2. The molecule has 3 rings (SSSR count). The molecule has 2 aromatic rings. The second-order valence-electron chi connectivity index (χ2n) is 5.51. The molecule has 0 spiro atoms. The Labute approximate surface area is 136 Å². The maximum absolute atomic E-state index is 6.43. The molecule has 3 nitrogen and oxygen atoms in total. The van der Waals surface area contributed by atoms with Crippen molar-refractivity contribution in [1.29, 1.82) is 0 Å². The molecular formula is C18H21ClN2O. The van der Waals surface area contributed by atoms with Crippen LogP contribution in [0, 0.1) is 0 Å². The molecule has 0 unspecified atom stereocenters. The van der Waals surface area contributed by atoms with Gasteiger partial charge in [-0.15, -0.1) is 0 Å². The number of hydrogen-bond donors (Lipinski definition) is 2. The third-order valence-electron chi connectivity index (χ3n) is 4.11. The van der Waals surface area contributed by atoms with Crippen LogP contribution < -0.4 is 15.4 Å². The number of rotatable bonds is 4. The third-order valence-corrected chi connectivity index (χ3v) is 4.43. The highest BCUT2D eigenvalue weighted by Gasteiger charge is 2.14. The van der Waals surface area contributed by atoms with Crippen LogP contribution in [0.25, 0.3) is 0 Å². The van der Waals surface area contributed by atoms with Gasteiger partial charge < -0.3 is 15.4 Å². The van der Waals surface area contributed by atoms with Crippen LogP contribution in [0.2, 0.25) is 5.02 Å². The van der Waals surface area contributed by atoms with Crippen LogP contribution >= 0.6 is 11.6 Å². The van der Waals surface area contributed by atoms with Crippen molar-refractivity contribution in [1.82, 2.24) is 5.32 Å². The summed E-state index contributed by atoms with van der Waals surface area (Å²) in [5, 5.41) is 7.76. The number of anilines is 1. The first-order valence-electron chi connectivity index (χ1n) is 7.65. The Hall–Kier alpha value is -1.71. The lowest BCUT2D eigenvalue weighted by atomic mass is 10.0. The fraction of sp³-hybridized carbons (Fsp3) is 0.333. The SMILES string of the molecule is COc1ccc(CNc2c(Cl)ccc3c2CCNCC3)cc1. The first-order chi connectivity index (χ1) is 10.8. The van der Waals surface area contributed by atoms with E-state index >= 15 is 0 Å². The Bertz CT molecular complexity index is 640. The van der Waals surface area contributed by atoms with E-state index in [-0.39, 0.29) is 0 Å². The van der Waals surface area contributed by atoms with E-state index in [4.69, 9.17) is 16.3 Å². The predicted molar refractivity (Wildman–Crippen MR) is 92.1 cm³/mol. The van der Waals surface area contributed by atoms with Crippen LogP contribution in [-0.2, 0) is 19.4 Å². The molecule has 4 heteroatoms. The second kappa shape index (κ2) is 7.03. The third kappa shape index (κ3) is 3.37. The summed E-state index contributed by atoms with van der Waals surface area (Å²) in [6, 6.07) is 12.3. The zero-order chi connectivity index (χ0) is 15.4. The highest BCUT2D eigenvalue weighted by Crippen LogP contribution is 2.31. The molecule has 1 aliphatic heterocycles. The van der Waals surface area contributed by atoms with Crippen molar-refractivity contribution in [3.05, 3.63) is 58.1 Å².